The van der Waals surface area contributed by atoms with Gasteiger partial charge in [0.25, 0.3) is 5.91 Å². The van der Waals surface area contributed by atoms with E-state index in [2.05, 4.69) is 21.6 Å². The van der Waals surface area contributed by atoms with Crippen molar-refractivity contribution in [3.63, 3.8) is 0 Å². The summed E-state index contributed by atoms with van der Waals surface area (Å²) in [6, 6.07) is 9.04. The van der Waals surface area contributed by atoms with Crippen molar-refractivity contribution in [2.24, 2.45) is 5.10 Å². The van der Waals surface area contributed by atoms with E-state index >= 15 is 0 Å². The molecule has 0 unspecified atom stereocenters. The van der Waals surface area contributed by atoms with Gasteiger partial charge >= 0.3 is 0 Å². The zero-order valence-corrected chi connectivity index (χ0v) is 10.6. The van der Waals surface area contributed by atoms with Gasteiger partial charge in [0.05, 0.1) is 5.69 Å². The van der Waals surface area contributed by atoms with Crippen LogP contribution in [0.25, 0.3) is 18.2 Å². The van der Waals surface area contributed by atoms with Gasteiger partial charge in [0.2, 0.25) is 0 Å². The minimum absolute atomic E-state index is 0.210. The number of aromatic amines is 1. The van der Waals surface area contributed by atoms with Crippen molar-refractivity contribution < 1.29 is 4.79 Å². The number of amides is 1. The molecule has 4 rings (SSSR count). The van der Waals surface area contributed by atoms with Crippen LogP contribution in [0.15, 0.2) is 41.5 Å². The second-order valence-electron chi connectivity index (χ2n) is 4.71. The Morgan fingerprint density at radius 2 is 1.80 bits per heavy atom. The summed E-state index contributed by atoms with van der Waals surface area (Å²) >= 11 is 0. The molecule has 0 fully saturated rings. The first-order chi connectivity index (χ1) is 9.83. The van der Waals surface area contributed by atoms with E-state index in [0.717, 1.165) is 22.7 Å². The molecule has 1 amide bonds. The van der Waals surface area contributed by atoms with E-state index in [1.54, 1.807) is 12.1 Å². The Kier molecular flexibility index (Phi) is 2.23. The lowest BCUT2D eigenvalue weighted by Crippen LogP contribution is -2.20. The van der Waals surface area contributed by atoms with Crippen molar-refractivity contribution in [1.29, 1.82) is 0 Å². The van der Waals surface area contributed by atoms with Gasteiger partial charge in [-0.3, -0.25) is 4.79 Å². The maximum atomic E-state index is 11.9. The number of carbonyl (C=O) groups excluding carboxylic acids is 1. The molecular weight excluding hydrogens is 250 g/mol. The molecule has 2 aliphatic rings. The predicted molar refractivity (Wildman–Crippen MR) is 79.2 cm³/mol. The van der Waals surface area contributed by atoms with Crippen LogP contribution in [-0.4, -0.2) is 16.6 Å². The zero-order valence-electron chi connectivity index (χ0n) is 10.6. The number of aromatic nitrogens is 1. The highest BCUT2D eigenvalue weighted by atomic mass is 16.2. The topological polar surface area (TPSA) is 57.2 Å². The third-order valence-electron chi connectivity index (χ3n) is 3.50. The van der Waals surface area contributed by atoms with Crippen LogP contribution in [0.5, 0.6) is 0 Å². The SMILES string of the molecule is O=C(NN=C1C=Cc2c3[nH]c1c2C=C3)c1ccccc1. The Morgan fingerprint density at radius 1 is 1.00 bits per heavy atom. The van der Waals surface area contributed by atoms with E-state index in [0.29, 0.717) is 5.56 Å². The maximum Gasteiger partial charge on any atom is 0.271 e. The van der Waals surface area contributed by atoms with Crippen LogP contribution < -0.4 is 5.43 Å². The van der Waals surface area contributed by atoms with Gasteiger partial charge in [-0.15, -0.1) is 0 Å². The lowest BCUT2D eigenvalue weighted by atomic mass is 10.0. The molecule has 4 nitrogen and oxygen atoms in total. The minimum atomic E-state index is -0.210. The molecule has 0 radical (unpaired) electrons. The second kappa shape index (κ2) is 4.06. The van der Waals surface area contributed by atoms with E-state index in [9.17, 15) is 4.79 Å². The van der Waals surface area contributed by atoms with Crippen LogP contribution in [0.2, 0.25) is 0 Å². The number of benzene rings is 1. The standard InChI is InChI=1S/C16H11N3O/c20-16(10-4-2-1-3-5-10)19-18-14-9-6-11-12-7-8-13(11)17-15(12)14/h1-9,17H,(H,19,20). The Labute approximate surface area is 115 Å². The summed E-state index contributed by atoms with van der Waals surface area (Å²) in [6.45, 7) is 0. The first-order valence-electron chi connectivity index (χ1n) is 6.38. The molecule has 0 atom stereocenters. The number of allylic oxidation sites excluding steroid dienone is 1. The van der Waals surface area contributed by atoms with Crippen LogP contribution in [0.1, 0.15) is 32.9 Å². The Hall–Kier alpha value is -2.88. The summed E-state index contributed by atoms with van der Waals surface area (Å²) in [5.41, 5.74) is 8.35. The second-order valence-corrected chi connectivity index (χ2v) is 4.71. The van der Waals surface area contributed by atoms with Crippen molar-refractivity contribution in [3.8, 4) is 0 Å². The number of nitrogens with one attached hydrogen (secondary N) is 2. The van der Waals surface area contributed by atoms with E-state index in [1.807, 2.05) is 36.4 Å². The molecule has 2 N–H and O–H groups in total. The zero-order chi connectivity index (χ0) is 13.5. The van der Waals surface area contributed by atoms with E-state index in [4.69, 9.17) is 0 Å². The fourth-order valence-electron chi connectivity index (χ4n) is 2.51. The molecule has 1 aromatic carbocycles. The smallest absolute Gasteiger partial charge is 0.271 e. The molecule has 2 aromatic rings. The number of H-pyrrole nitrogens is 1. The molecule has 4 heteroatoms. The van der Waals surface area contributed by atoms with Crippen molar-refractivity contribution in [3.05, 3.63) is 64.5 Å². The summed E-state index contributed by atoms with van der Waals surface area (Å²) in [7, 11) is 0. The largest absolute Gasteiger partial charge is 0.353 e. The van der Waals surface area contributed by atoms with Crippen molar-refractivity contribution >= 4 is 29.8 Å². The van der Waals surface area contributed by atoms with Gasteiger partial charge < -0.3 is 4.98 Å². The first kappa shape index (κ1) is 11.0. The Balaban J connectivity index is 1.60. The number of rotatable bonds is 2. The average Bonchev–Trinajstić information content (AvgIpc) is 3.01. The van der Waals surface area contributed by atoms with Crippen LogP contribution in [0.3, 0.4) is 0 Å². The molecule has 96 valence electrons. The number of hydrogen-bond acceptors (Lipinski definition) is 2. The quantitative estimate of drug-likeness (QED) is 0.684. The van der Waals surface area contributed by atoms with Crippen LogP contribution >= 0.6 is 0 Å². The maximum absolute atomic E-state index is 11.9. The van der Waals surface area contributed by atoms with Crippen LogP contribution in [0.4, 0.5) is 0 Å². The Morgan fingerprint density at radius 3 is 2.65 bits per heavy atom. The monoisotopic (exact) mass is 261 g/mol. The van der Waals surface area contributed by atoms with Gasteiger partial charge in [-0.05, 0) is 30.4 Å². The number of hydrogen-bond donors (Lipinski definition) is 2. The van der Waals surface area contributed by atoms with E-state index in [1.165, 1.54) is 5.56 Å². The van der Waals surface area contributed by atoms with E-state index < -0.39 is 0 Å². The molecule has 1 aromatic heterocycles. The molecule has 20 heavy (non-hydrogen) atoms. The summed E-state index contributed by atoms with van der Waals surface area (Å²) in [5.74, 6) is -0.210. The summed E-state index contributed by atoms with van der Waals surface area (Å²) in [5, 5.41) is 4.21. The minimum Gasteiger partial charge on any atom is -0.353 e. The molecule has 0 saturated heterocycles. The average molecular weight is 261 g/mol. The molecule has 0 spiro atoms. The normalized spacial score (nSPS) is 15.9. The molecule has 0 aliphatic heterocycles. The first-order valence-corrected chi connectivity index (χ1v) is 6.38. The summed E-state index contributed by atoms with van der Waals surface area (Å²) < 4.78 is 0. The fourth-order valence-corrected chi connectivity index (χ4v) is 2.51. The number of carbonyl (C=O) groups is 1. The van der Waals surface area contributed by atoms with Crippen molar-refractivity contribution in [2.45, 2.75) is 0 Å². The van der Waals surface area contributed by atoms with Crippen molar-refractivity contribution in [1.82, 2.24) is 10.4 Å². The van der Waals surface area contributed by atoms with Crippen LogP contribution in [0, 0.1) is 0 Å². The highest BCUT2D eigenvalue weighted by molar-refractivity contribution is 6.17. The highest BCUT2D eigenvalue weighted by Crippen LogP contribution is 2.33. The van der Waals surface area contributed by atoms with Gasteiger partial charge in [0.15, 0.2) is 0 Å². The Bertz CT molecular complexity index is 795. The summed E-state index contributed by atoms with van der Waals surface area (Å²) in [6.07, 6.45) is 8.03. The third kappa shape index (κ3) is 1.55. The van der Waals surface area contributed by atoms with Gasteiger partial charge in [0, 0.05) is 22.4 Å². The molecule has 0 saturated carbocycles. The molecule has 2 aliphatic carbocycles. The van der Waals surface area contributed by atoms with Gasteiger partial charge in [0.1, 0.15) is 5.71 Å². The lowest BCUT2D eigenvalue weighted by molar-refractivity contribution is 0.0955. The predicted octanol–water partition coefficient (Wildman–Crippen LogP) is 2.66. The van der Waals surface area contributed by atoms with Gasteiger partial charge in [-0.2, -0.15) is 5.10 Å². The summed E-state index contributed by atoms with van der Waals surface area (Å²) in [4.78, 5) is 15.2. The van der Waals surface area contributed by atoms with Gasteiger partial charge in [-0.1, -0.05) is 24.3 Å². The molecule has 1 heterocycles. The molecular formula is C16H11N3O. The number of hydrazone groups is 1. The van der Waals surface area contributed by atoms with E-state index in [-0.39, 0.29) is 5.91 Å². The highest BCUT2D eigenvalue weighted by Gasteiger charge is 2.23. The lowest BCUT2D eigenvalue weighted by Gasteiger charge is -2.07. The molecule has 4 bridgehead atoms. The third-order valence-corrected chi connectivity index (χ3v) is 3.50. The van der Waals surface area contributed by atoms with Crippen molar-refractivity contribution in [2.75, 3.05) is 0 Å². The van der Waals surface area contributed by atoms with Gasteiger partial charge in [-0.25, -0.2) is 5.43 Å². The number of nitrogens with zero attached hydrogens (tertiary/aromatic N) is 1. The van der Waals surface area contributed by atoms with Crippen LogP contribution in [-0.2, 0) is 0 Å². The fraction of sp³-hybridized carbons (Fsp3) is 0.